The predicted molar refractivity (Wildman–Crippen MR) is 55.3 cm³/mol. The lowest BCUT2D eigenvalue weighted by Crippen LogP contribution is -2.47. The Morgan fingerprint density at radius 3 is 2.23 bits per heavy atom. The molecule has 0 aromatic heterocycles. The molecule has 0 spiro atoms. The smallest absolute Gasteiger partial charge is 0.237 e. The topological polar surface area (TPSA) is 55.1 Å². The van der Waals surface area contributed by atoms with E-state index in [1.165, 1.54) is 0 Å². The van der Waals surface area contributed by atoms with Crippen LogP contribution in [0.3, 0.4) is 0 Å². The molecule has 1 amide bonds. The molecule has 0 bridgehead atoms. The van der Waals surface area contributed by atoms with Gasteiger partial charge in [0.25, 0.3) is 0 Å². The van der Waals surface area contributed by atoms with Crippen LogP contribution in [0.2, 0.25) is 0 Å². The van der Waals surface area contributed by atoms with Crippen molar-refractivity contribution in [1.82, 2.24) is 5.32 Å². The number of amides is 1. The molecule has 0 fully saturated rings. The lowest BCUT2D eigenvalue weighted by molar-refractivity contribution is -0.124. The van der Waals surface area contributed by atoms with Crippen LogP contribution in [0.5, 0.6) is 0 Å². The molecule has 3 nitrogen and oxygen atoms in total. The lowest BCUT2D eigenvalue weighted by Gasteiger charge is -2.20. The monoisotopic (exact) mass is 186 g/mol. The minimum absolute atomic E-state index is 0.0244. The second-order valence-electron chi connectivity index (χ2n) is 3.73. The van der Waals surface area contributed by atoms with Crippen LogP contribution in [0.1, 0.15) is 40.5 Å². The van der Waals surface area contributed by atoms with Gasteiger partial charge < -0.3 is 11.1 Å². The van der Waals surface area contributed by atoms with Gasteiger partial charge in [-0.2, -0.15) is 0 Å². The zero-order valence-corrected chi connectivity index (χ0v) is 9.13. The van der Waals surface area contributed by atoms with Crippen LogP contribution in [0.4, 0.5) is 0 Å². The van der Waals surface area contributed by atoms with Gasteiger partial charge >= 0.3 is 0 Å². The fourth-order valence-corrected chi connectivity index (χ4v) is 0.953. The highest BCUT2D eigenvalue weighted by Gasteiger charge is 2.19. The van der Waals surface area contributed by atoms with Crippen LogP contribution >= 0.6 is 0 Å². The maximum absolute atomic E-state index is 11.5. The Kier molecular flexibility index (Phi) is 5.71. The molecular formula is C10H22N2O. The van der Waals surface area contributed by atoms with Crippen molar-refractivity contribution in [3.63, 3.8) is 0 Å². The van der Waals surface area contributed by atoms with Crippen molar-refractivity contribution in [2.75, 3.05) is 0 Å². The zero-order chi connectivity index (χ0) is 10.4. The standard InChI is InChI=1S/C10H22N2O/c1-5-7(3)9(11)10(13)12-8(4)6-2/h7-9H,5-6,11H2,1-4H3,(H,12,13)/t7-,8-,9+/m0/s1. The van der Waals surface area contributed by atoms with Gasteiger partial charge in [-0.15, -0.1) is 0 Å². The average Bonchev–Trinajstić information content (AvgIpc) is 2.14. The maximum Gasteiger partial charge on any atom is 0.237 e. The number of hydrogen-bond donors (Lipinski definition) is 2. The highest BCUT2D eigenvalue weighted by atomic mass is 16.2. The molecule has 3 heteroatoms. The van der Waals surface area contributed by atoms with Gasteiger partial charge in [-0.25, -0.2) is 0 Å². The summed E-state index contributed by atoms with van der Waals surface area (Å²) in [5.74, 6) is 0.229. The number of hydrogen-bond acceptors (Lipinski definition) is 2. The number of nitrogens with one attached hydrogen (secondary N) is 1. The maximum atomic E-state index is 11.5. The highest BCUT2D eigenvalue weighted by molar-refractivity contribution is 5.81. The molecule has 0 aromatic rings. The molecule has 0 aromatic carbocycles. The molecule has 13 heavy (non-hydrogen) atoms. The molecule has 0 aliphatic carbocycles. The van der Waals surface area contributed by atoms with E-state index in [1.807, 2.05) is 27.7 Å². The van der Waals surface area contributed by atoms with Gasteiger partial charge in [-0.3, -0.25) is 4.79 Å². The second kappa shape index (κ2) is 5.97. The Bertz CT molecular complexity index is 159. The Balaban J connectivity index is 3.96. The highest BCUT2D eigenvalue weighted by Crippen LogP contribution is 2.05. The molecule has 0 heterocycles. The Labute approximate surface area is 81.1 Å². The molecule has 3 atom stereocenters. The van der Waals surface area contributed by atoms with Crippen molar-refractivity contribution in [3.05, 3.63) is 0 Å². The third-order valence-electron chi connectivity index (χ3n) is 2.56. The molecule has 0 aliphatic rings. The van der Waals surface area contributed by atoms with E-state index in [4.69, 9.17) is 5.73 Å². The van der Waals surface area contributed by atoms with Gasteiger partial charge in [-0.05, 0) is 19.3 Å². The van der Waals surface area contributed by atoms with Crippen molar-refractivity contribution >= 4 is 5.91 Å². The molecule has 78 valence electrons. The van der Waals surface area contributed by atoms with Crippen LogP contribution in [0.15, 0.2) is 0 Å². The molecule has 0 rings (SSSR count). The van der Waals surface area contributed by atoms with Crippen LogP contribution in [-0.4, -0.2) is 18.0 Å². The fourth-order valence-electron chi connectivity index (χ4n) is 0.953. The van der Waals surface area contributed by atoms with Crippen molar-refractivity contribution in [3.8, 4) is 0 Å². The first-order valence-electron chi connectivity index (χ1n) is 5.08. The van der Waals surface area contributed by atoms with Crippen molar-refractivity contribution < 1.29 is 4.79 Å². The summed E-state index contributed by atoms with van der Waals surface area (Å²) in [5, 5.41) is 2.88. The summed E-state index contributed by atoms with van der Waals surface area (Å²) in [4.78, 5) is 11.5. The molecule has 3 N–H and O–H groups in total. The number of carbonyl (C=O) groups is 1. The Morgan fingerprint density at radius 1 is 1.31 bits per heavy atom. The first-order valence-corrected chi connectivity index (χ1v) is 5.08. The molecule has 0 saturated heterocycles. The van der Waals surface area contributed by atoms with Gasteiger partial charge in [0.15, 0.2) is 0 Å². The third-order valence-corrected chi connectivity index (χ3v) is 2.56. The average molecular weight is 186 g/mol. The van der Waals surface area contributed by atoms with Crippen LogP contribution in [-0.2, 0) is 4.79 Å². The van der Waals surface area contributed by atoms with Gasteiger partial charge in [0, 0.05) is 6.04 Å². The van der Waals surface area contributed by atoms with E-state index in [1.54, 1.807) is 0 Å². The van der Waals surface area contributed by atoms with E-state index in [0.29, 0.717) is 0 Å². The summed E-state index contributed by atoms with van der Waals surface area (Å²) < 4.78 is 0. The van der Waals surface area contributed by atoms with E-state index < -0.39 is 0 Å². The van der Waals surface area contributed by atoms with Crippen LogP contribution in [0, 0.1) is 5.92 Å². The van der Waals surface area contributed by atoms with Gasteiger partial charge in [0.05, 0.1) is 6.04 Å². The largest absolute Gasteiger partial charge is 0.352 e. The predicted octanol–water partition coefficient (Wildman–Crippen LogP) is 1.27. The minimum atomic E-state index is -0.362. The van der Waals surface area contributed by atoms with E-state index in [-0.39, 0.29) is 23.9 Å². The van der Waals surface area contributed by atoms with Crippen molar-refractivity contribution in [2.24, 2.45) is 11.7 Å². The summed E-state index contributed by atoms with van der Waals surface area (Å²) in [6.07, 6.45) is 1.88. The lowest BCUT2D eigenvalue weighted by atomic mass is 9.99. The Hall–Kier alpha value is -0.570. The molecule has 0 radical (unpaired) electrons. The van der Waals surface area contributed by atoms with Gasteiger partial charge in [-0.1, -0.05) is 27.2 Å². The molecule has 0 unspecified atom stereocenters. The van der Waals surface area contributed by atoms with E-state index in [9.17, 15) is 4.79 Å². The van der Waals surface area contributed by atoms with Crippen molar-refractivity contribution in [1.29, 1.82) is 0 Å². The summed E-state index contributed by atoms with van der Waals surface area (Å²) in [5.41, 5.74) is 5.76. The fraction of sp³-hybridized carbons (Fsp3) is 0.900. The van der Waals surface area contributed by atoms with Gasteiger partial charge in [0.2, 0.25) is 5.91 Å². The number of carbonyl (C=O) groups excluding carboxylic acids is 1. The van der Waals surface area contributed by atoms with E-state index in [0.717, 1.165) is 12.8 Å². The van der Waals surface area contributed by atoms with Crippen LogP contribution in [0.25, 0.3) is 0 Å². The summed E-state index contributed by atoms with van der Waals surface area (Å²) >= 11 is 0. The second-order valence-corrected chi connectivity index (χ2v) is 3.73. The Morgan fingerprint density at radius 2 is 1.85 bits per heavy atom. The first kappa shape index (κ1) is 12.4. The summed E-state index contributed by atoms with van der Waals surface area (Å²) in [6.45, 7) is 8.07. The third kappa shape index (κ3) is 4.27. The minimum Gasteiger partial charge on any atom is -0.352 e. The normalized spacial score (nSPS) is 17.6. The first-order chi connectivity index (χ1) is 6.02. The van der Waals surface area contributed by atoms with E-state index in [2.05, 4.69) is 5.32 Å². The van der Waals surface area contributed by atoms with E-state index >= 15 is 0 Å². The zero-order valence-electron chi connectivity index (χ0n) is 9.13. The summed E-state index contributed by atoms with van der Waals surface area (Å²) in [6, 6.07) is -0.137. The van der Waals surface area contributed by atoms with Gasteiger partial charge in [0.1, 0.15) is 0 Å². The summed E-state index contributed by atoms with van der Waals surface area (Å²) in [7, 11) is 0. The molecule has 0 saturated carbocycles. The number of rotatable bonds is 5. The molecular weight excluding hydrogens is 164 g/mol. The molecule has 0 aliphatic heterocycles. The van der Waals surface area contributed by atoms with Crippen molar-refractivity contribution in [2.45, 2.75) is 52.6 Å². The quantitative estimate of drug-likeness (QED) is 0.679. The van der Waals surface area contributed by atoms with Crippen LogP contribution < -0.4 is 11.1 Å². The SMILES string of the molecule is CC[C@H](C)NC(=O)[C@H](N)[C@@H](C)CC. The number of nitrogens with two attached hydrogens (primary N) is 1.